The second-order valence-corrected chi connectivity index (χ2v) is 9.34. The highest BCUT2D eigenvalue weighted by atomic mass is 32.2. The van der Waals surface area contributed by atoms with Crippen LogP contribution in [-0.2, 0) is 21.3 Å². The lowest BCUT2D eigenvalue weighted by atomic mass is 10.1. The van der Waals surface area contributed by atoms with Gasteiger partial charge >= 0.3 is 0 Å². The fourth-order valence-electron chi connectivity index (χ4n) is 3.62. The van der Waals surface area contributed by atoms with Crippen molar-refractivity contribution < 1.29 is 22.3 Å². The average Bonchev–Trinajstić information content (AvgIpc) is 3.24. The minimum atomic E-state index is -4.00. The van der Waals surface area contributed by atoms with Crippen LogP contribution in [0.3, 0.4) is 0 Å². The van der Waals surface area contributed by atoms with Gasteiger partial charge in [0.2, 0.25) is 0 Å². The van der Waals surface area contributed by atoms with E-state index in [-0.39, 0.29) is 22.3 Å². The van der Waals surface area contributed by atoms with Gasteiger partial charge in [-0.15, -0.1) is 0 Å². The van der Waals surface area contributed by atoms with Crippen molar-refractivity contribution in [2.45, 2.75) is 17.5 Å². The molecule has 0 aliphatic carbocycles. The number of ether oxygens (including phenoxy) is 2. The quantitative estimate of drug-likeness (QED) is 0.539. The van der Waals surface area contributed by atoms with Gasteiger partial charge in [-0.1, -0.05) is 18.2 Å². The molecule has 0 radical (unpaired) electrons. The average molecular weight is 460 g/mol. The minimum absolute atomic E-state index is 0.0573. The molecule has 1 aliphatic heterocycles. The maximum Gasteiger partial charge on any atom is 0.268 e. The first-order chi connectivity index (χ1) is 15.5. The second-order valence-electron chi connectivity index (χ2n) is 7.53. The van der Waals surface area contributed by atoms with Gasteiger partial charge < -0.3 is 20.1 Å². The van der Waals surface area contributed by atoms with Crippen LogP contribution in [-0.4, -0.2) is 51.8 Å². The first kappa shape index (κ1) is 22.5. The highest BCUT2D eigenvalue weighted by Gasteiger charge is 2.24. The first-order valence-corrected chi connectivity index (χ1v) is 11.8. The van der Waals surface area contributed by atoms with Gasteiger partial charge in [0.05, 0.1) is 17.2 Å². The standard InChI is InChI=1S/C23H26FN3O4S/c1-25-13-17-11-23(21-7-2-3-8-22(21)24)27(15-17)32(28,29)20-6-4-5-18(12-20)31-16-19-14-26-9-10-30-19/h2-8,11-12,15,19,25-26H,9-10,13-14,16H2,1H3. The maximum atomic E-state index is 14.5. The number of rotatable bonds is 8. The van der Waals surface area contributed by atoms with Crippen molar-refractivity contribution in [3.05, 3.63) is 72.2 Å². The minimum Gasteiger partial charge on any atom is -0.491 e. The van der Waals surface area contributed by atoms with Crippen LogP contribution in [0, 0.1) is 5.82 Å². The van der Waals surface area contributed by atoms with Crippen LogP contribution in [0.1, 0.15) is 5.56 Å². The van der Waals surface area contributed by atoms with E-state index in [4.69, 9.17) is 9.47 Å². The van der Waals surface area contributed by atoms with Crippen LogP contribution in [0.4, 0.5) is 4.39 Å². The Morgan fingerprint density at radius 2 is 2.06 bits per heavy atom. The van der Waals surface area contributed by atoms with Crippen molar-refractivity contribution in [3.8, 4) is 17.0 Å². The van der Waals surface area contributed by atoms with E-state index >= 15 is 0 Å². The number of nitrogens with one attached hydrogen (secondary N) is 2. The molecule has 0 bridgehead atoms. The van der Waals surface area contributed by atoms with Crippen LogP contribution in [0.25, 0.3) is 11.3 Å². The van der Waals surface area contributed by atoms with E-state index in [0.717, 1.165) is 16.1 Å². The van der Waals surface area contributed by atoms with Gasteiger partial charge in [0, 0.05) is 37.5 Å². The van der Waals surface area contributed by atoms with Crippen molar-refractivity contribution in [3.63, 3.8) is 0 Å². The van der Waals surface area contributed by atoms with Crippen molar-refractivity contribution >= 4 is 10.0 Å². The lowest BCUT2D eigenvalue weighted by molar-refractivity contribution is 0.000152. The lowest BCUT2D eigenvalue weighted by Crippen LogP contribution is -2.41. The molecule has 170 valence electrons. The third-order valence-electron chi connectivity index (χ3n) is 5.18. The van der Waals surface area contributed by atoms with E-state index in [1.165, 1.54) is 24.4 Å². The summed E-state index contributed by atoms with van der Waals surface area (Å²) in [5.41, 5.74) is 1.21. The summed E-state index contributed by atoms with van der Waals surface area (Å²) >= 11 is 0. The number of halogens is 1. The largest absolute Gasteiger partial charge is 0.491 e. The van der Waals surface area contributed by atoms with Crippen molar-refractivity contribution in [1.29, 1.82) is 0 Å². The van der Waals surface area contributed by atoms with Crippen LogP contribution < -0.4 is 15.4 Å². The van der Waals surface area contributed by atoms with Gasteiger partial charge in [-0.2, -0.15) is 0 Å². The molecule has 7 nitrogen and oxygen atoms in total. The number of morpholine rings is 1. The monoisotopic (exact) mass is 459 g/mol. The zero-order valence-electron chi connectivity index (χ0n) is 17.8. The molecule has 1 unspecified atom stereocenters. The molecular formula is C23H26FN3O4S. The lowest BCUT2D eigenvalue weighted by Gasteiger charge is -2.23. The summed E-state index contributed by atoms with van der Waals surface area (Å²) in [7, 11) is -2.23. The molecule has 4 rings (SSSR count). The van der Waals surface area contributed by atoms with Crippen LogP contribution in [0.2, 0.25) is 0 Å². The van der Waals surface area contributed by atoms with Crippen molar-refractivity contribution in [1.82, 2.24) is 14.6 Å². The predicted octanol–water partition coefficient (Wildman–Crippen LogP) is 2.62. The van der Waals surface area contributed by atoms with Crippen LogP contribution in [0.15, 0.2) is 65.7 Å². The molecule has 2 aromatic carbocycles. The number of nitrogens with zero attached hydrogens (tertiary/aromatic N) is 1. The zero-order valence-corrected chi connectivity index (χ0v) is 18.6. The molecule has 0 amide bonds. The molecule has 2 N–H and O–H groups in total. The zero-order chi connectivity index (χ0) is 22.6. The normalized spacial score (nSPS) is 16.8. The Labute approximate surface area is 187 Å². The highest BCUT2D eigenvalue weighted by molar-refractivity contribution is 7.90. The van der Waals surface area contributed by atoms with Gasteiger partial charge in [0.25, 0.3) is 10.0 Å². The summed E-state index contributed by atoms with van der Waals surface area (Å²) in [6.45, 7) is 2.86. The SMILES string of the molecule is CNCc1cc(-c2ccccc2F)n(S(=O)(=O)c2cccc(OCC3CNCCO3)c2)c1. The Morgan fingerprint density at radius 1 is 1.22 bits per heavy atom. The van der Waals surface area contributed by atoms with Crippen LogP contribution >= 0.6 is 0 Å². The Bertz CT molecular complexity index is 1170. The summed E-state index contributed by atoms with van der Waals surface area (Å²) in [6.07, 6.45) is 1.42. The number of hydrogen-bond donors (Lipinski definition) is 2. The molecule has 32 heavy (non-hydrogen) atoms. The van der Waals surface area contributed by atoms with E-state index in [1.54, 1.807) is 43.4 Å². The molecule has 1 saturated heterocycles. The third kappa shape index (κ3) is 4.86. The third-order valence-corrected chi connectivity index (χ3v) is 6.85. The molecule has 1 atom stereocenters. The molecule has 1 aromatic heterocycles. The molecule has 2 heterocycles. The van der Waals surface area contributed by atoms with Crippen molar-refractivity contribution in [2.75, 3.05) is 33.4 Å². The molecular weight excluding hydrogens is 433 g/mol. The van der Waals surface area contributed by atoms with Gasteiger partial charge in [0.15, 0.2) is 0 Å². The molecule has 9 heteroatoms. The predicted molar refractivity (Wildman–Crippen MR) is 120 cm³/mol. The van der Waals surface area contributed by atoms with E-state index in [1.807, 2.05) is 0 Å². The van der Waals surface area contributed by atoms with Crippen LogP contribution in [0.5, 0.6) is 5.75 Å². The van der Waals surface area contributed by atoms with Crippen molar-refractivity contribution in [2.24, 2.45) is 0 Å². The molecule has 1 fully saturated rings. The first-order valence-electron chi connectivity index (χ1n) is 10.4. The molecule has 1 aliphatic rings. The highest BCUT2D eigenvalue weighted by Crippen LogP contribution is 2.30. The van der Waals surface area contributed by atoms with E-state index in [9.17, 15) is 12.8 Å². The second kappa shape index (κ2) is 9.83. The van der Waals surface area contributed by atoms with E-state index in [0.29, 0.717) is 32.1 Å². The summed E-state index contributed by atoms with van der Waals surface area (Å²) in [6, 6.07) is 14.1. The maximum absolute atomic E-state index is 14.5. The van der Waals surface area contributed by atoms with E-state index in [2.05, 4.69) is 10.6 Å². The smallest absolute Gasteiger partial charge is 0.268 e. The summed E-state index contributed by atoms with van der Waals surface area (Å²) in [5.74, 6) is -0.0634. The van der Waals surface area contributed by atoms with Gasteiger partial charge in [-0.3, -0.25) is 0 Å². The number of aromatic nitrogens is 1. The summed E-state index contributed by atoms with van der Waals surface area (Å²) in [5, 5.41) is 6.23. The topological polar surface area (TPSA) is 81.6 Å². The van der Waals surface area contributed by atoms with Gasteiger partial charge in [-0.25, -0.2) is 16.8 Å². The summed E-state index contributed by atoms with van der Waals surface area (Å²) in [4.78, 5) is 0.0573. The Morgan fingerprint density at radius 3 is 2.81 bits per heavy atom. The Balaban J connectivity index is 1.66. The Hall–Kier alpha value is -2.72. The summed E-state index contributed by atoms with van der Waals surface area (Å²) < 4.78 is 54.1. The molecule has 3 aromatic rings. The molecule has 0 spiro atoms. The Kier molecular flexibility index (Phi) is 6.90. The van der Waals surface area contributed by atoms with E-state index < -0.39 is 15.8 Å². The van der Waals surface area contributed by atoms with Gasteiger partial charge in [-0.05, 0) is 42.9 Å². The fourth-order valence-corrected chi connectivity index (χ4v) is 5.04. The fraction of sp³-hybridized carbons (Fsp3) is 0.304. The number of hydrogen-bond acceptors (Lipinski definition) is 6. The van der Waals surface area contributed by atoms with Gasteiger partial charge in [0.1, 0.15) is 24.3 Å². The number of benzene rings is 2. The molecule has 0 saturated carbocycles.